The van der Waals surface area contributed by atoms with Crippen LogP contribution in [0.25, 0.3) is 33.6 Å². The second-order valence-electron chi connectivity index (χ2n) is 13.1. The summed E-state index contributed by atoms with van der Waals surface area (Å²) in [6.45, 7) is 7.92. The fraction of sp³-hybridized carbons (Fsp3) is 0.450. The van der Waals surface area contributed by atoms with Crippen molar-refractivity contribution in [1.82, 2.24) is 40.4 Å². The number of ether oxygens (including phenoxy) is 2. The van der Waals surface area contributed by atoms with E-state index in [4.69, 9.17) is 0 Å². The molecule has 4 N–H and O–H groups in total. The topological polar surface area (TPSA) is 175 Å². The van der Waals surface area contributed by atoms with Crippen molar-refractivity contribution < 1.29 is 28.7 Å². The summed E-state index contributed by atoms with van der Waals surface area (Å²) in [4.78, 5) is 65.5. The molecule has 290 valence electrons. The molecule has 4 amide bonds. The third-order valence-corrected chi connectivity index (χ3v) is 9.14. The van der Waals surface area contributed by atoms with E-state index >= 15 is 0 Å². The van der Waals surface area contributed by atoms with Gasteiger partial charge in [-0.3, -0.25) is 9.59 Å². The number of nitrogens with zero attached hydrogens (tertiary/aromatic N) is 4. The first-order chi connectivity index (χ1) is 26.2. The van der Waals surface area contributed by atoms with Gasteiger partial charge in [-0.05, 0) is 54.4 Å². The number of amides is 4. The van der Waals surface area contributed by atoms with E-state index in [1.54, 1.807) is 11.2 Å². The van der Waals surface area contributed by atoms with Crippen LogP contribution >= 0.6 is 0 Å². The number of aromatic nitrogens is 4. The molecule has 0 radical (unpaired) electrons. The van der Waals surface area contributed by atoms with Crippen LogP contribution in [0.4, 0.5) is 9.59 Å². The summed E-state index contributed by atoms with van der Waals surface area (Å²) in [6, 6.07) is 16.7. The first kappa shape index (κ1) is 41.1. The number of H-pyrrole nitrogens is 2. The molecule has 2 atom stereocenters. The van der Waals surface area contributed by atoms with E-state index in [1.165, 1.54) is 20.6 Å². The molecule has 2 aliphatic rings. The van der Waals surface area contributed by atoms with Gasteiger partial charge in [-0.25, -0.2) is 19.6 Å². The van der Waals surface area contributed by atoms with E-state index < -0.39 is 12.2 Å². The van der Waals surface area contributed by atoms with E-state index in [2.05, 4.69) is 109 Å². The van der Waals surface area contributed by atoms with E-state index in [1.807, 2.05) is 17.3 Å². The maximum atomic E-state index is 13.1. The van der Waals surface area contributed by atoms with E-state index in [-0.39, 0.29) is 37.0 Å². The van der Waals surface area contributed by atoms with Crippen LogP contribution in [0.3, 0.4) is 0 Å². The number of carbonyl (C=O) groups excluding carboxylic acids is 4. The summed E-state index contributed by atoms with van der Waals surface area (Å²) >= 11 is 0. The average molecular weight is 743 g/mol. The van der Waals surface area contributed by atoms with Gasteiger partial charge in [0.05, 0.1) is 50.4 Å². The van der Waals surface area contributed by atoms with Crippen LogP contribution in [0.2, 0.25) is 0 Å². The standard InChI is InChI=1S/C29H32N6O3.C8H14N2O3.C3H8/c1-3-4-23-13-14-26(35(23)27(36)17-32-29(37)38-2)28-31-16-25(34-28)22-11-7-20(8-12-22)19-5-9-21(10-6-19)24-15-30-18-33-24;1-13-8(12)9-6-7(11)10-4-2-3-5-10;1-3-2/h5-12,15-16,18,23,26H,3-4,13-14,17H2,1-2H3,(H,30,33)(H,31,34)(H,32,37);2-6H2,1H3,(H,9,12);3H2,1-2H3/t23?,26-;;/m0../s1. The highest BCUT2D eigenvalue weighted by molar-refractivity contribution is 5.83. The maximum absolute atomic E-state index is 13.1. The number of alkyl carbamates (subject to hydrolysis) is 2. The summed E-state index contributed by atoms with van der Waals surface area (Å²) in [7, 11) is 2.56. The molecule has 54 heavy (non-hydrogen) atoms. The minimum absolute atomic E-state index is 0.0344. The molecular formula is C40H54N8O6. The molecule has 2 aromatic carbocycles. The van der Waals surface area contributed by atoms with Crippen LogP contribution in [-0.2, 0) is 19.1 Å². The predicted octanol–water partition coefficient (Wildman–Crippen LogP) is 6.70. The first-order valence-electron chi connectivity index (χ1n) is 18.7. The van der Waals surface area contributed by atoms with Crippen molar-refractivity contribution in [3.05, 3.63) is 73.1 Å². The Hall–Kier alpha value is -5.66. The molecule has 0 spiro atoms. The molecule has 2 fully saturated rings. The molecule has 4 aromatic rings. The van der Waals surface area contributed by atoms with Gasteiger partial charge in [0.1, 0.15) is 18.9 Å². The summed E-state index contributed by atoms with van der Waals surface area (Å²) in [6.07, 6.45) is 11.1. The second-order valence-corrected chi connectivity index (χ2v) is 13.1. The molecule has 2 saturated heterocycles. The molecule has 4 heterocycles. The van der Waals surface area contributed by atoms with E-state index in [0.29, 0.717) is 0 Å². The fourth-order valence-electron chi connectivity index (χ4n) is 6.51. The van der Waals surface area contributed by atoms with Crippen LogP contribution < -0.4 is 10.6 Å². The Bertz CT molecular complexity index is 1750. The average Bonchev–Trinajstić information content (AvgIpc) is 4.05. The molecule has 2 aliphatic heterocycles. The molecule has 14 nitrogen and oxygen atoms in total. The zero-order valence-electron chi connectivity index (χ0n) is 32.0. The minimum Gasteiger partial charge on any atom is -0.453 e. The smallest absolute Gasteiger partial charge is 0.407 e. The number of likely N-dealkylation sites (tertiary alicyclic amines) is 2. The van der Waals surface area contributed by atoms with Gasteiger partial charge in [-0.1, -0.05) is 82.1 Å². The highest BCUT2D eigenvalue weighted by atomic mass is 16.5. The van der Waals surface area contributed by atoms with Gasteiger partial charge < -0.3 is 39.9 Å². The van der Waals surface area contributed by atoms with Gasteiger partial charge in [0.25, 0.3) is 0 Å². The van der Waals surface area contributed by atoms with E-state index in [9.17, 15) is 19.2 Å². The minimum atomic E-state index is -0.612. The molecular weight excluding hydrogens is 688 g/mol. The van der Waals surface area contributed by atoms with Crippen LogP contribution in [0.5, 0.6) is 0 Å². The van der Waals surface area contributed by atoms with Gasteiger partial charge in [0, 0.05) is 19.1 Å². The van der Waals surface area contributed by atoms with Crippen LogP contribution in [-0.4, -0.2) is 100 Å². The molecule has 14 heteroatoms. The number of hydrogen-bond acceptors (Lipinski definition) is 8. The number of rotatable bonds is 10. The molecule has 0 aliphatic carbocycles. The number of methoxy groups -OCH3 is 2. The van der Waals surface area contributed by atoms with Crippen molar-refractivity contribution in [1.29, 1.82) is 0 Å². The Kier molecular flexibility index (Phi) is 16.1. The van der Waals surface area contributed by atoms with Crippen LogP contribution in [0.15, 0.2) is 67.3 Å². The lowest BCUT2D eigenvalue weighted by atomic mass is 10.0. The van der Waals surface area contributed by atoms with Gasteiger partial charge in [-0.15, -0.1) is 0 Å². The molecule has 2 aromatic heterocycles. The van der Waals surface area contributed by atoms with Gasteiger partial charge >= 0.3 is 12.2 Å². The SMILES string of the molecule is CCC.CCCC1CC[C@@H](c2ncc(-c3ccc(-c4ccc(-c5cnc[nH]5)cc4)cc3)[nH]2)N1C(=O)CNC(=O)OC.COC(=O)NCC(=O)N1CCCC1. The second kappa shape index (κ2) is 21.1. The van der Waals surface area contributed by atoms with Crippen LogP contribution in [0, 0.1) is 0 Å². The Labute approximate surface area is 317 Å². The molecule has 6 rings (SSSR count). The summed E-state index contributed by atoms with van der Waals surface area (Å²) in [5.41, 5.74) is 6.26. The van der Waals surface area contributed by atoms with Crippen molar-refractivity contribution in [2.45, 2.75) is 77.8 Å². The zero-order chi connectivity index (χ0) is 38.9. The largest absolute Gasteiger partial charge is 0.453 e. The third kappa shape index (κ3) is 11.4. The molecule has 0 saturated carbocycles. The van der Waals surface area contributed by atoms with Crippen molar-refractivity contribution in [2.24, 2.45) is 0 Å². The number of benzene rings is 2. The van der Waals surface area contributed by atoms with Gasteiger partial charge in [-0.2, -0.15) is 0 Å². The first-order valence-corrected chi connectivity index (χ1v) is 18.7. The quantitative estimate of drug-likeness (QED) is 0.139. The highest BCUT2D eigenvalue weighted by Gasteiger charge is 2.38. The van der Waals surface area contributed by atoms with E-state index in [0.717, 1.165) is 91.1 Å². The molecule has 1 unspecified atom stereocenters. The lowest BCUT2D eigenvalue weighted by Gasteiger charge is -2.29. The number of imidazole rings is 2. The van der Waals surface area contributed by atoms with Crippen molar-refractivity contribution in [3.8, 4) is 33.6 Å². The predicted molar refractivity (Wildman–Crippen MR) is 207 cm³/mol. The van der Waals surface area contributed by atoms with Crippen molar-refractivity contribution >= 4 is 24.0 Å². The number of carbonyl (C=O) groups is 4. The van der Waals surface area contributed by atoms with Gasteiger partial charge in [0.2, 0.25) is 11.8 Å². The van der Waals surface area contributed by atoms with Crippen LogP contribution in [0.1, 0.15) is 77.6 Å². The lowest BCUT2D eigenvalue weighted by Crippen LogP contribution is -2.43. The third-order valence-electron chi connectivity index (χ3n) is 9.14. The van der Waals surface area contributed by atoms with Crippen molar-refractivity contribution in [2.75, 3.05) is 40.4 Å². The Morgan fingerprint density at radius 1 is 0.759 bits per heavy atom. The Morgan fingerprint density at radius 2 is 1.30 bits per heavy atom. The summed E-state index contributed by atoms with van der Waals surface area (Å²) in [5.74, 6) is 0.601. The number of aromatic amines is 2. The Balaban J connectivity index is 0.000000340. The monoisotopic (exact) mass is 742 g/mol. The summed E-state index contributed by atoms with van der Waals surface area (Å²) in [5, 5.41) is 4.87. The van der Waals surface area contributed by atoms with Crippen molar-refractivity contribution in [3.63, 3.8) is 0 Å². The number of hydrogen-bond donors (Lipinski definition) is 4. The zero-order valence-corrected chi connectivity index (χ0v) is 32.0. The lowest BCUT2D eigenvalue weighted by molar-refractivity contribution is -0.133. The maximum Gasteiger partial charge on any atom is 0.407 e. The highest BCUT2D eigenvalue weighted by Crippen LogP contribution is 2.37. The number of nitrogens with one attached hydrogen (secondary N) is 4. The fourth-order valence-corrected chi connectivity index (χ4v) is 6.51. The van der Waals surface area contributed by atoms with Gasteiger partial charge in [0.15, 0.2) is 0 Å². The summed E-state index contributed by atoms with van der Waals surface area (Å²) < 4.78 is 8.96. The Morgan fingerprint density at radius 3 is 1.81 bits per heavy atom. The molecule has 0 bridgehead atoms. The normalized spacial score (nSPS) is 16.0.